The number of thiol groups is 1. The first-order chi connectivity index (χ1) is 7.91. The van der Waals surface area contributed by atoms with Gasteiger partial charge in [-0.3, -0.25) is 10.1 Å². The van der Waals surface area contributed by atoms with E-state index in [0.717, 1.165) is 0 Å². The van der Waals surface area contributed by atoms with Crippen molar-refractivity contribution in [3.63, 3.8) is 0 Å². The lowest BCUT2D eigenvalue weighted by atomic mass is 10.2. The fourth-order valence-electron chi connectivity index (χ4n) is 1.28. The Morgan fingerprint density at radius 2 is 2.35 bits per heavy atom. The van der Waals surface area contributed by atoms with Gasteiger partial charge in [-0.15, -0.1) is 12.6 Å². The van der Waals surface area contributed by atoms with Crippen LogP contribution in [0.5, 0.6) is 11.5 Å². The zero-order valence-corrected chi connectivity index (χ0v) is 9.94. The maximum atomic E-state index is 10.8. The van der Waals surface area contributed by atoms with Gasteiger partial charge in [0.15, 0.2) is 4.93 Å². The minimum Gasteiger partial charge on any atom is -0.508 e. The molecule has 0 aromatic heterocycles. The van der Waals surface area contributed by atoms with E-state index in [4.69, 9.17) is 9.47 Å². The zero-order valence-electron chi connectivity index (χ0n) is 9.04. The van der Waals surface area contributed by atoms with Gasteiger partial charge in [-0.25, -0.2) is 0 Å². The number of phenols is 1. The highest BCUT2D eigenvalue weighted by molar-refractivity contribution is 7.82. The quantitative estimate of drug-likeness (QED) is 0.371. The standard InChI is InChI=1S/C10H11NO5S/c1-6-2-7(11(13)14)9(3-8(6)12)15-4-10(17)5-16-10/h2-3,12,17H,4-5H2,1H3. The molecule has 0 saturated carbocycles. The number of hydrogen-bond acceptors (Lipinski definition) is 6. The Kier molecular flexibility index (Phi) is 2.88. The van der Waals surface area contributed by atoms with Gasteiger partial charge in [0.1, 0.15) is 12.4 Å². The molecule has 1 saturated heterocycles. The second-order valence-electron chi connectivity index (χ2n) is 3.89. The third kappa shape index (κ3) is 2.62. The number of phenolic OH excluding ortho intramolecular Hbond substituents is 1. The van der Waals surface area contributed by atoms with Crippen LogP contribution >= 0.6 is 12.6 Å². The molecule has 1 atom stereocenters. The monoisotopic (exact) mass is 257 g/mol. The van der Waals surface area contributed by atoms with Crippen LogP contribution in [-0.4, -0.2) is 28.2 Å². The molecule has 17 heavy (non-hydrogen) atoms. The number of hydrogen-bond donors (Lipinski definition) is 2. The van der Waals surface area contributed by atoms with Crippen LogP contribution in [0.3, 0.4) is 0 Å². The number of epoxide rings is 1. The molecule has 0 aliphatic carbocycles. The Labute approximate surface area is 103 Å². The molecular formula is C10H11NO5S. The Morgan fingerprint density at radius 1 is 1.71 bits per heavy atom. The summed E-state index contributed by atoms with van der Waals surface area (Å²) in [6.07, 6.45) is 0. The highest BCUT2D eigenvalue weighted by Gasteiger charge is 2.42. The average Bonchev–Trinajstić information content (AvgIpc) is 2.98. The average molecular weight is 257 g/mol. The summed E-state index contributed by atoms with van der Waals surface area (Å²) in [6, 6.07) is 2.50. The maximum absolute atomic E-state index is 10.8. The molecule has 6 nitrogen and oxygen atoms in total. The Bertz CT molecular complexity index is 472. The summed E-state index contributed by atoms with van der Waals surface area (Å²) >= 11 is 4.15. The molecule has 1 fully saturated rings. The predicted molar refractivity (Wildman–Crippen MR) is 62.7 cm³/mol. The van der Waals surface area contributed by atoms with Crippen molar-refractivity contribution in [3.8, 4) is 11.5 Å². The van der Waals surface area contributed by atoms with E-state index in [0.29, 0.717) is 12.2 Å². The van der Waals surface area contributed by atoms with Crippen molar-refractivity contribution in [1.29, 1.82) is 0 Å². The first-order valence-corrected chi connectivity index (χ1v) is 5.33. The summed E-state index contributed by atoms with van der Waals surface area (Å²) in [5.74, 6) is -0.0300. The van der Waals surface area contributed by atoms with E-state index in [1.165, 1.54) is 12.1 Å². The van der Waals surface area contributed by atoms with E-state index in [1.54, 1.807) is 6.92 Å². The first kappa shape index (κ1) is 12.0. The van der Waals surface area contributed by atoms with Crippen molar-refractivity contribution >= 4 is 18.3 Å². The van der Waals surface area contributed by atoms with Crippen molar-refractivity contribution in [2.75, 3.05) is 13.2 Å². The van der Waals surface area contributed by atoms with Crippen LogP contribution in [0.25, 0.3) is 0 Å². The van der Waals surface area contributed by atoms with Gasteiger partial charge in [0.05, 0.1) is 11.5 Å². The van der Waals surface area contributed by atoms with Crippen molar-refractivity contribution in [3.05, 3.63) is 27.8 Å². The minimum absolute atomic E-state index is 0.0158. The number of nitro benzene ring substituents is 1. The van der Waals surface area contributed by atoms with E-state index in [2.05, 4.69) is 12.6 Å². The van der Waals surface area contributed by atoms with Crippen LogP contribution < -0.4 is 4.74 Å². The van der Waals surface area contributed by atoms with Crippen LogP contribution in [0.4, 0.5) is 5.69 Å². The number of benzene rings is 1. The second-order valence-corrected chi connectivity index (χ2v) is 4.70. The summed E-state index contributed by atoms with van der Waals surface area (Å²) < 4.78 is 10.2. The number of aromatic hydroxyl groups is 1. The SMILES string of the molecule is Cc1cc([N+](=O)[O-])c(OCC2(S)CO2)cc1O. The number of aryl methyl sites for hydroxylation is 1. The number of nitro groups is 1. The van der Waals surface area contributed by atoms with Gasteiger partial charge in [0.2, 0.25) is 5.75 Å². The van der Waals surface area contributed by atoms with Crippen molar-refractivity contribution in [1.82, 2.24) is 0 Å². The van der Waals surface area contributed by atoms with Crippen molar-refractivity contribution < 1.29 is 19.5 Å². The molecule has 0 bridgehead atoms. The summed E-state index contributed by atoms with van der Waals surface area (Å²) in [5.41, 5.74) is 0.241. The van der Waals surface area contributed by atoms with E-state index in [-0.39, 0.29) is 23.8 Å². The number of ether oxygens (including phenoxy) is 2. The molecular weight excluding hydrogens is 246 g/mol. The molecule has 1 N–H and O–H groups in total. The lowest BCUT2D eigenvalue weighted by Crippen LogP contribution is -2.14. The molecule has 1 aromatic carbocycles. The van der Waals surface area contributed by atoms with E-state index >= 15 is 0 Å². The normalized spacial score (nSPS) is 22.2. The molecule has 0 amide bonds. The molecule has 1 heterocycles. The van der Waals surface area contributed by atoms with Gasteiger partial charge in [-0.2, -0.15) is 0 Å². The van der Waals surface area contributed by atoms with Crippen LogP contribution in [-0.2, 0) is 4.74 Å². The first-order valence-electron chi connectivity index (χ1n) is 4.88. The lowest BCUT2D eigenvalue weighted by Gasteiger charge is -2.10. The Balaban J connectivity index is 2.24. The molecule has 2 rings (SSSR count). The van der Waals surface area contributed by atoms with Gasteiger partial charge in [0, 0.05) is 12.1 Å². The maximum Gasteiger partial charge on any atom is 0.311 e. The third-order valence-corrected chi connectivity index (χ3v) is 2.79. The van der Waals surface area contributed by atoms with Gasteiger partial charge in [0.25, 0.3) is 0 Å². The largest absolute Gasteiger partial charge is 0.508 e. The topological polar surface area (TPSA) is 85.1 Å². The van der Waals surface area contributed by atoms with Crippen molar-refractivity contribution in [2.24, 2.45) is 0 Å². The molecule has 1 unspecified atom stereocenters. The summed E-state index contributed by atoms with van der Waals surface area (Å²) in [7, 11) is 0. The molecule has 0 spiro atoms. The molecule has 7 heteroatoms. The van der Waals surface area contributed by atoms with E-state index in [1.807, 2.05) is 0 Å². The smallest absolute Gasteiger partial charge is 0.311 e. The zero-order chi connectivity index (χ0) is 12.6. The minimum atomic E-state index is -0.658. The fraction of sp³-hybridized carbons (Fsp3) is 0.400. The molecule has 0 radical (unpaired) electrons. The Hall–Kier alpha value is -1.47. The van der Waals surface area contributed by atoms with Gasteiger partial charge < -0.3 is 14.6 Å². The third-order valence-electron chi connectivity index (χ3n) is 2.40. The van der Waals surface area contributed by atoms with Crippen LogP contribution in [0, 0.1) is 17.0 Å². The number of nitrogens with zero attached hydrogens (tertiary/aromatic N) is 1. The summed E-state index contributed by atoms with van der Waals surface area (Å²) in [5, 5.41) is 20.3. The van der Waals surface area contributed by atoms with Crippen LogP contribution in [0.15, 0.2) is 12.1 Å². The lowest BCUT2D eigenvalue weighted by molar-refractivity contribution is -0.386. The van der Waals surface area contributed by atoms with Crippen molar-refractivity contribution in [2.45, 2.75) is 11.9 Å². The van der Waals surface area contributed by atoms with Gasteiger partial charge in [-0.05, 0) is 12.5 Å². The number of rotatable bonds is 4. The summed E-state index contributed by atoms with van der Waals surface area (Å²) in [4.78, 5) is 9.61. The fourth-order valence-corrected chi connectivity index (χ4v) is 1.41. The molecule has 1 aromatic rings. The molecule has 92 valence electrons. The van der Waals surface area contributed by atoms with Crippen LogP contribution in [0.2, 0.25) is 0 Å². The Morgan fingerprint density at radius 3 is 2.88 bits per heavy atom. The predicted octanol–water partition coefficient (Wildman–Crippen LogP) is 1.64. The highest BCUT2D eigenvalue weighted by Crippen LogP contribution is 2.37. The second kappa shape index (κ2) is 4.08. The van der Waals surface area contributed by atoms with E-state index in [9.17, 15) is 15.2 Å². The van der Waals surface area contributed by atoms with E-state index < -0.39 is 9.86 Å². The van der Waals surface area contributed by atoms with Gasteiger partial charge in [-0.1, -0.05) is 0 Å². The van der Waals surface area contributed by atoms with Gasteiger partial charge >= 0.3 is 5.69 Å². The molecule has 1 aliphatic rings. The summed E-state index contributed by atoms with van der Waals surface area (Å²) in [6.45, 7) is 2.12. The molecule has 1 aliphatic heterocycles. The highest BCUT2D eigenvalue weighted by atomic mass is 32.1. The van der Waals surface area contributed by atoms with Crippen LogP contribution in [0.1, 0.15) is 5.56 Å².